The first-order chi connectivity index (χ1) is 13.0. The molecule has 3 rings (SSSR count). The molecule has 1 aliphatic carbocycles. The SMILES string of the molecule is COc1cn(CC(=O)NC2CCCCC2)c(CN2CCC(C)CC2)cc1=O. The summed E-state index contributed by atoms with van der Waals surface area (Å²) in [6, 6.07) is 1.92. The van der Waals surface area contributed by atoms with Gasteiger partial charge in [0.2, 0.25) is 11.3 Å². The molecular weight excluding hydrogens is 342 g/mol. The molecule has 1 amide bonds. The molecule has 0 aromatic carbocycles. The number of carbonyl (C=O) groups is 1. The highest BCUT2D eigenvalue weighted by molar-refractivity contribution is 5.76. The van der Waals surface area contributed by atoms with Crippen molar-refractivity contribution in [1.29, 1.82) is 0 Å². The second-order valence-electron chi connectivity index (χ2n) is 8.19. The maximum atomic E-state index is 12.6. The predicted molar refractivity (Wildman–Crippen MR) is 106 cm³/mol. The van der Waals surface area contributed by atoms with Gasteiger partial charge in [-0.25, -0.2) is 0 Å². The molecule has 0 bridgehead atoms. The third kappa shape index (κ3) is 5.58. The van der Waals surface area contributed by atoms with Crippen LogP contribution < -0.4 is 15.5 Å². The van der Waals surface area contributed by atoms with Crippen molar-refractivity contribution in [3.8, 4) is 5.75 Å². The molecular formula is C21H33N3O3. The van der Waals surface area contributed by atoms with Gasteiger partial charge in [-0.05, 0) is 44.7 Å². The monoisotopic (exact) mass is 375 g/mol. The van der Waals surface area contributed by atoms with Crippen molar-refractivity contribution in [2.75, 3.05) is 20.2 Å². The van der Waals surface area contributed by atoms with Crippen molar-refractivity contribution >= 4 is 5.91 Å². The Morgan fingerprint density at radius 1 is 1.19 bits per heavy atom. The van der Waals surface area contributed by atoms with E-state index < -0.39 is 0 Å². The van der Waals surface area contributed by atoms with Crippen LogP contribution in [0.15, 0.2) is 17.1 Å². The molecule has 27 heavy (non-hydrogen) atoms. The molecule has 0 spiro atoms. The number of piperidine rings is 1. The van der Waals surface area contributed by atoms with Crippen molar-refractivity contribution in [3.05, 3.63) is 28.2 Å². The minimum atomic E-state index is -0.123. The molecule has 1 aromatic heterocycles. The van der Waals surface area contributed by atoms with Gasteiger partial charge in [-0.1, -0.05) is 26.2 Å². The summed E-state index contributed by atoms with van der Waals surface area (Å²) in [5.74, 6) is 1.07. The number of nitrogens with zero attached hydrogens (tertiary/aromatic N) is 2. The summed E-state index contributed by atoms with van der Waals surface area (Å²) >= 11 is 0. The molecule has 1 aliphatic heterocycles. The first-order valence-corrected chi connectivity index (χ1v) is 10.3. The van der Waals surface area contributed by atoms with Crippen LogP contribution in [0.2, 0.25) is 0 Å². The van der Waals surface area contributed by atoms with E-state index in [4.69, 9.17) is 4.74 Å². The quantitative estimate of drug-likeness (QED) is 0.830. The van der Waals surface area contributed by atoms with Crippen molar-refractivity contribution in [1.82, 2.24) is 14.8 Å². The van der Waals surface area contributed by atoms with E-state index in [9.17, 15) is 9.59 Å². The highest BCUT2D eigenvalue weighted by Crippen LogP contribution is 2.19. The fraction of sp³-hybridized carbons (Fsp3) is 0.714. The molecule has 150 valence electrons. The lowest BCUT2D eigenvalue weighted by atomic mass is 9.95. The van der Waals surface area contributed by atoms with Gasteiger partial charge in [-0.15, -0.1) is 0 Å². The zero-order valence-electron chi connectivity index (χ0n) is 16.7. The van der Waals surface area contributed by atoms with Gasteiger partial charge in [0.05, 0.1) is 13.3 Å². The average molecular weight is 376 g/mol. The number of ether oxygens (including phenoxy) is 1. The van der Waals surface area contributed by atoms with E-state index in [1.807, 2.05) is 4.57 Å². The van der Waals surface area contributed by atoms with Gasteiger partial charge in [0.15, 0.2) is 5.75 Å². The number of likely N-dealkylation sites (tertiary alicyclic amines) is 1. The second-order valence-corrected chi connectivity index (χ2v) is 8.19. The number of aromatic nitrogens is 1. The van der Waals surface area contributed by atoms with Crippen LogP contribution in [-0.4, -0.2) is 41.6 Å². The Morgan fingerprint density at radius 2 is 1.89 bits per heavy atom. The highest BCUT2D eigenvalue weighted by Gasteiger charge is 2.20. The van der Waals surface area contributed by atoms with Crippen LogP contribution in [0.3, 0.4) is 0 Å². The standard InChI is InChI=1S/C21H33N3O3/c1-16-8-10-23(11-9-16)13-18-12-19(25)20(27-2)14-24(18)15-21(26)22-17-6-4-3-5-7-17/h12,14,16-17H,3-11,13,15H2,1-2H3,(H,22,26). The van der Waals surface area contributed by atoms with Crippen molar-refractivity contribution in [2.24, 2.45) is 5.92 Å². The van der Waals surface area contributed by atoms with E-state index in [1.54, 1.807) is 12.3 Å². The molecule has 1 saturated heterocycles. The van der Waals surface area contributed by atoms with Crippen LogP contribution in [0, 0.1) is 5.92 Å². The lowest BCUT2D eigenvalue weighted by molar-refractivity contribution is -0.122. The summed E-state index contributed by atoms with van der Waals surface area (Å²) in [6.45, 7) is 5.29. The Kier molecular flexibility index (Phi) is 6.94. The number of methoxy groups -OCH3 is 1. The van der Waals surface area contributed by atoms with Crippen LogP contribution in [0.5, 0.6) is 5.75 Å². The Hall–Kier alpha value is -1.82. The van der Waals surface area contributed by atoms with Crippen LogP contribution in [0.25, 0.3) is 0 Å². The molecule has 2 aliphatic rings. The van der Waals surface area contributed by atoms with E-state index in [1.165, 1.54) is 39.2 Å². The van der Waals surface area contributed by atoms with E-state index in [0.717, 1.165) is 37.5 Å². The Bertz CT molecular complexity index is 686. The van der Waals surface area contributed by atoms with Gasteiger partial charge >= 0.3 is 0 Å². The van der Waals surface area contributed by atoms with Crippen LogP contribution >= 0.6 is 0 Å². The lowest BCUT2D eigenvalue weighted by Gasteiger charge is -2.31. The third-order valence-corrected chi connectivity index (χ3v) is 5.95. The maximum Gasteiger partial charge on any atom is 0.240 e. The normalized spacial score (nSPS) is 19.8. The zero-order valence-corrected chi connectivity index (χ0v) is 16.7. The molecule has 0 radical (unpaired) electrons. The van der Waals surface area contributed by atoms with Gasteiger partial charge < -0.3 is 14.6 Å². The van der Waals surface area contributed by atoms with E-state index >= 15 is 0 Å². The van der Waals surface area contributed by atoms with Crippen LogP contribution in [0.4, 0.5) is 0 Å². The Balaban J connectivity index is 1.71. The lowest BCUT2D eigenvalue weighted by Crippen LogP contribution is -2.39. The summed E-state index contributed by atoms with van der Waals surface area (Å²) in [5.41, 5.74) is 0.760. The number of nitrogens with one attached hydrogen (secondary N) is 1. The number of rotatable bonds is 6. The summed E-state index contributed by atoms with van der Waals surface area (Å²) < 4.78 is 7.08. The number of hydrogen-bond acceptors (Lipinski definition) is 4. The summed E-state index contributed by atoms with van der Waals surface area (Å²) in [6.07, 6.45) is 9.83. The number of carbonyl (C=O) groups excluding carboxylic acids is 1. The van der Waals surface area contributed by atoms with Crippen molar-refractivity contribution in [2.45, 2.75) is 71.0 Å². The highest BCUT2D eigenvalue weighted by atomic mass is 16.5. The predicted octanol–water partition coefficient (Wildman–Crippen LogP) is 2.54. The largest absolute Gasteiger partial charge is 0.491 e. The van der Waals surface area contributed by atoms with Crippen LogP contribution in [-0.2, 0) is 17.9 Å². The Labute approximate surface area is 161 Å². The summed E-state index contributed by atoms with van der Waals surface area (Å²) in [7, 11) is 1.49. The molecule has 6 heteroatoms. The number of hydrogen-bond donors (Lipinski definition) is 1. The average Bonchev–Trinajstić information content (AvgIpc) is 2.66. The minimum absolute atomic E-state index is 0.0149. The van der Waals surface area contributed by atoms with E-state index in [-0.39, 0.29) is 23.6 Å². The first kappa shape index (κ1) is 19.9. The van der Waals surface area contributed by atoms with Crippen molar-refractivity contribution in [3.63, 3.8) is 0 Å². The van der Waals surface area contributed by atoms with Gasteiger partial charge in [0, 0.05) is 24.3 Å². The molecule has 0 unspecified atom stereocenters. The van der Waals surface area contributed by atoms with E-state index in [0.29, 0.717) is 12.6 Å². The topological polar surface area (TPSA) is 63.6 Å². The molecule has 0 atom stereocenters. The second kappa shape index (κ2) is 9.40. The molecule has 2 heterocycles. The first-order valence-electron chi connectivity index (χ1n) is 10.3. The third-order valence-electron chi connectivity index (χ3n) is 5.95. The molecule has 1 N–H and O–H groups in total. The number of amides is 1. The maximum absolute atomic E-state index is 12.6. The minimum Gasteiger partial charge on any atom is -0.491 e. The van der Waals surface area contributed by atoms with Crippen LogP contribution in [0.1, 0.15) is 57.6 Å². The van der Waals surface area contributed by atoms with Crippen molar-refractivity contribution < 1.29 is 9.53 Å². The number of pyridine rings is 1. The fourth-order valence-corrected chi connectivity index (χ4v) is 4.15. The molecule has 1 aromatic rings. The van der Waals surface area contributed by atoms with Gasteiger partial charge in [0.25, 0.3) is 0 Å². The fourth-order valence-electron chi connectivity index (χ4n) is 4.15. The molecule has 1 saturated carbocycles. The zero-order chi connectivity index (χ0) is 19.2. The summed E-state index contributed by atoms with van der Waals surface area (Å²) in [5, 5.41) is 3.16. The van der Waals surface area contributed by atoms with Gasteiger partial charge in [-0.2, -0.15) is 0 Å². The van der Waals surface area contributed by atoms with Gasteiger partial charge in [0.1, 0.15) is 6.54 Å². The van der Waals surface area contributed by atoms with Gasteiger partial charge in [-0.3, -0.25) is 14.5 Å². The molecule has 2 fully saturated rings. The van der Waals surface area contributed by atoms with E-state index in [2.05, 4.69) is 17.1 Å². The smallest absolute Gasteiger partial charge is 0.240 e. The Morgan fingerprint density at radius 3 is 2.56 bits per heavy atom. The molecule has 6 nitrogen and oxygen atoms in total. The summed E-state index contributed by atoms with van der Waals surface area (Å²) in [4.78, 5) is 27.2.